The highest BCUT2D eigenvalue weighted by Gasteiger charge is 2.19. The molecule has 1 heterocycles. The van der Waals surface area contributed by atoms with Crippen molar-refractivity contribution in [3.63, 3.8) is 0 Å². The van der Waals surface area contributed by atoms with E-state index in [9.17, 15) is 4.79 Å². The van der Waals surface area contributed by atoms with Crippen LogP contribution in [0.15, 0.2) is 0 Å². The monoisotopic (exact) mass is 260 g/mol. The predicted octanol–water partition coefficient (Wildman–Crippen LogP) is 0.822. The summed E-state index contributed by atoms with van der Waals surface area (Å²) in [6.45, 7) is 4.59. The molecule has 2 atom stereocenters. The lowest BCUT2D eigenvalue weighted by molar-refractivity contribution is -0.131. The highest BCUT2D eigenvalue weighted by atomic mass is 32.2. The Balaban J connectivity index is 2.25. The third-order valence-corrected chi connectivity index (χ3v) is 4.01. The van der Waals surface area contributed by atoms with Crippen LogP contribution in [0.5, 0.6) is 0 Å². The maximum absolute atomic E-state index is 12.0. The Bertz CT molecular complexity index is 233. The number of hydrogen-bond donors (Lipinski definition) is 1. The molecule has 0 bridgehead atoms. The number of methoxy groups -OCH3 is 1. The first-order valence-corrected chi connectivity index (χ1v) is 7.33. The molecule has 100 valence electrons. The number of carbonyl (C=O) groups excluding carboxylic acids is 1. The second kappa shape index (κ2) is 7.95. The summed E-state index contributed by atoms with van der Waals surface area (Å²) in [5.74, 6) is 2.83. The summed E-state index contributed by atoms with van der Waals surface area (Å²) in [5, 5.41) is 3.39. The van der Waals surface area contributed by atoms with Crippen LogP contribution in [-0.2, 0) is 9.53 Å². The molecule has 17 heavy (non-hydrogen) atoms. The van der Waals surface area contributed by atoms with E-state index in [0.717, 1.165) is 24.6 Å². The fraction of sp³-hybridized carbons (Fsp3) is 0.917. The number of thioether (sulfide) groups is 1. The van der Waals surface area contributed by atoms with Gasteiger partial charge in [-0.25, -0.2) is 0 Å². The molecule has 1 amide bonds. The Labute approximate surface area is 108 Å². The van der Waals surface area contributed by atoms with Gasteiger partial charge < -0.3 is 15.0 Å². The van der Waals surface area contributed by atoms with E-state index in [0.29, 0.717) is 25.0 Å². The highest BCUT2D eigenvalue weighted by molar-refractivity contribution is 7.99. The molecule has 1 fully saturated rings. The van der Waals surface area contributed by atoms with Crippen LogP contribution >= 0.6 is 11.8 Å². The van der Waals surface area contributed by atoms with Gasteiger partial charge in [-0.05, 0) is 5.92 Å². The van der Waals surface area contributed by atoms with Crippen molar-refractivity contribution in [2.45, 2.75) is 19.4 Å². The second-order valence-corrected chi connectivity index (χ2v) is 5.91. The molecule has 1 N–H and O–H groups in total. The van der Waals surface area contributed by atoms with Crippen LogP contribution in [0.3, 0.4) is 0 Å². The zero-order chi connectivity index (χ0) is 12.7. The lowest BCUT2D eigenvalue weighted by Crippen LogP contribution is -2.42. The minimum Gasteiger partial charge on any atom is -0.384 e. The molecule has 0 aromatic carbocycles. The van der Waals surface area contributed by atoms with Crippen molar-refractivity contribution in [3.8, 4) is 0 Å². The minimum atomic E-state index is 0.230. The summed E-state index contributed by atoms with van der Waals surface area (Å²) in [4.78, 5) is 13.8. The quantitative estimate of drug-likeness (QED) is 0.768. The number of nitrogens with zero attached hydrogens (tertiary/aromatic N) is 1. The summed E-state index contributed by atoms with van der Waals surface area (Å²) < 4.78 is 5.08. The lowest BCUT2D eigenvalue weighted by atomic mass is 10.1. The van der Waals surface area contributed by atoms with Crippen molar-refractivity contribution in [2.24, 2.45) is 5.92 Å². The third kappa shape index (κ3) is 5.75. The fourth-order valence-electron chi connectivity index (χ4n) is 2.02. The molecule has 0 unspecified atom stereocenters. The Hall–Kier alpha value is -0.260. The van der Waals surface area contributed by atoms with Gasteiger partial charge in [-0.3, -0.25) is 4.79 Å². The van der Waals surface area contributed by atoms with Crippen molar-refractivity contribution in [1.29, 1.82) is 0 Å². The summed E-state index contributed by atoms with van der Waals surface area (Å²) in [7, 11) is 3.58. The van der Waals surface area contributed by atoms with Crippen molar-refractivity contribution in [1.82, 2.24) is 10.2 Å². The third-order valence-electron chi connectivity index (χ3n) is 2.88. The Morgan fingerprint density at radius 2 is 2.41 bits per heavy atom. The van der Waals surface area contributed by atoms with Crippen molar-refractivity contribution in [2.75, 3.05) is 45.4 Å². The van der Waals surface area contributed by atoms with Crippen molar-refractivity contribution in [3.05, 3.63) is 0 Å². The van der Waals surface area contributed by atoms with E-state index in [4.69, 9.17) is 4.74 Å². The Kier molecular flexibility index (Phi) is 6.92. The zero-order valence-electron chi connectivity index (χ0n) is 11.1. The van der Waals surface area contributed by atoms with Crippen LogP contribution in [0, 0.1) is 5.92 Å². The van der Waals surface area contributed by atoms with Crippen LogP contribution in [0.25, 0.3) is 0 Å². The van der Waals surface area contributed by atoms with E-state index < -0.39 is 0 Å². The van der Waals surface area contributed by atoms with E-state index in [1.165, 1.54) is 0 Å². The van der Waals surface area contributed by atoms with Gasteiger partial charge in [0.1, 0.15) is 0 Å². The fourth-order valence-corrected chi connectivity index (χ4v) is 2.97. The number of nitrogens with one attached hydrogen (secondary N) is 1. The summed E-state index contributed by atoms with van der Waals surface area (Å²) in [5.41, 5.74) is 0. The Morgan fingerprint density at radius 3 is 3.00 bits per heavy atom. The summed E-state index contributed by atoms with van der Waals surface area (Å²) in [6, 6.07) is 0.349. The molecule has 1 saturated heterocycles. The largest absolute Gasteiger partial charge is 0.384 e. The van der Waals surface area contributed by atoms with Gasteiger partial charge >= 0.3 is 0 Å². The van der Waals surface area contributed by atoms with Gasteiger partial charge in [0.15, 0.2) is 0 Å². The van der Waals surface area contributed by atoms with Crippen molar-refractivity contribution < 1.29 is 9.53 Å². The van der Waals surface area contributed by atoms with Gasteiger partial charge in [-0.1, -0.05) is 6.92 Å². The summed E-state index contributed by atoms with van der Waals surface area (Å²) >= 11 is 1.93. The number of hydrogen-bond acceptors (Lipinski definition) is 4. The molecule has 0 radical (unpaired) electrons. The standard InChI is InChI=1S/C12H24N2O2S/c1-10(8-16-3)7-14(2)12(15)6-11-9-17-5-4-13-11/h10-11,13H,4-9H2,1-3H3/t10-,11-/m0/s1. The number of rotatable bonds is 6. The van der Waals surface area contributed by atoms with Crippen LogP contribution in [-0.4, -0.2) is 62.2 Å². The van der Waals surface area contributed by atoms with Gasteiger partial charge in [0.25, 0.3) is 0 Å². The molecular weight excluding hydrogens is 236 g/mol. The smallest absolute Gasteiger partial charge is 0.223 e. The van der Waals surface area contributed by atoms with Crippen LogP contribution in [0.4, 0.5) is 0 Å². The molecule has 5 heteroatoms. The van der Waals surface area contributed by atoms with E-state index in [1.807, 2.05) is 23.7 Å². The van der Waals surface area contributed by atoms with E-state index >= 15 is 0 Å². The second-order valence-electron chi connectivity index (χ2n) is 4.76. The SMILES string of the molecule is COC[C@@H](C)CN(C)C(=O)C[C@H]1CSCCN1. The molecule has 0 saturated carbocycles. The maximum Gasteiger partial charge on any atom is 0.223 e. The molecule has 0 aromatic heterocycles. The topological polar surface area (TPSA) is 41.6 Å². The molecule has 1 aliphatic heterocycles. The first-order chi connectivity index (χ1) is 8.13. The molecule has 1 aliphatic rings. The predicted molar refractivity (Wildman–Crippen MR) is 72.4 cm³/mol. The normalized spacial score (nSPS) is 22.2. The highest BCUT2D eigenvalue weighted by Crippen LogP contribution is 2.11. The molecule has 0 aliphatic carbocycles. The van der Waals surface area contributed by atoms with E-state index in [1.54, 1.807) is 7.11 Å². The molecule has 4 nitrogen and oxygen atoms in total. The van der Waals surface area contributed by atoms with Crippen LogP contribution in [0.2, 0.25) is 0 Å². The van der Waals surface area contributed by atoms with Crippen molar-refractivity contribution >= 4 is 17.7 Å². The van der Waals surface area contributed by atoms with Crippen LogP contribution < -0.4 is 5.32 Å². The van der Waals surface area contributed by atoms with Gasteiger partial charge in [-0.15, -0.1) is 0 Å². The maximum atomic E-state index is 12.0. The number of amides is 1. The van der Waals surface area contributed by atoms with Gasteiger partial charge in [-0.2, -0.15) is 11.8 Å². The summed E-state index contributed by atoms with van der Waals surface area (Å²) in [6.07, 6.45) is 0.614. The number of carbonyl (C=O) groups is 1. The van der Waals surface area contributed by atoms with E-state index in [2.05, 4.69) is 12.2 Å². The Morgan fingerprint density at radius 1 is 1.65 bits per heavy atom. The molecule has 0 aromatic rings. The number of ether oxygens (including phenoxy) is 1. The average molecular weight is 260 g/mol. The van der Waals surface area contributed by atoms with Crippen LogP contribution in [0.1, 0.15) is 13.3 Å². The average Bonchev–Trinajstić information content (AvgIpc) is 2.30. The van der Waals surface area contributed by atoms with Gasteiger partial charge in [0, 0.05) is 51.2 Å². The van der Waals surface area contributed by atoms with Gasteiger partial charge in [0.2, 0.25) is 5.91 Å². The van der Waals surface area contributed by atoms with Gasteiger partial charge in [0.05, 0.1) is 6.61 Å². The first kappa shape index (κ1) is 14.8. The molecular formula is C12H24N2O2S. The molecule has 0 spiro atoms. The van der Waals surface area contributed by atoms with E-state index in [-0.39, 0.29) is 5.91 Å². The first-order valence-electron chi connectivity index (χ1n) is 6.17. The minimum absolute atomic E-state index is 0.230. The zero-order valence-corrected chi connectivity index (χ0v) is 11.9. The lowest BCUT2D eigenvalue weighted by Gasteiger charge is -2.26. The molecule has 1 rings (SSSR count).